The molecule has 0 atom stereocenters. The van der Waals surface area contributed by atoms with Crippen LogP contribution in [0.3, 0.4) is 0 Å². The second-order valence-electron chi connectivity index (χ2n) is 9.35. The third-order valence-electron chi connectivity index (χ3n) is 7.32. The molecule has 0 aliphatic heterocycles. The molecule has 0 spiro atoms. The fourth-order valence-electron chi connectivity index (χ4n) is 5.60. The first kappa shape index (κ1) is 16.0. The molecule has 8 rings (SSSR count). The summed E-state index contributed by atoms with van der Waals surface area (Å²) in [5.74, 6) is 0. The molecule has 0 radical (unpaired) electrons. The molecule has 0 saturated carbocycles. The molecule has 0 aliphatic rings. The first-order valence-corrected chi connectivity index (χ1v) is 12.3. The molecule has 37 heavy (non-hydrogen) atoms. The van der Waals surface area contributed by atoms with Crippen molar-refractivity contribution >= 4 is 54.1 Å². The highest BCUT2D eigenvalue weighted by Crippen LogP contribution is 2.44. The van der Waals surface area contributed by atoms with Gasteiger partial charge in [0.2, 0.25) is 0 Å². The van der Waals surface area contributed by atoms with Gasteiger partial charge < -0.3 is 4.42 Å². The lowest BCUT2D eigenvalue weighted by Crippen LogP contribution is -1.88. The lowest BCUT2D eigenvalue weighted by molar-refractivity contribution is 0.620. The maximum Gasteiger partial charge on any atom is 0.142 e. The van der Waals surface area contributed by atoms with Crippen molar-refractivity contribution in [3.05, 3.63) is 134 Å². The minimum absolute atomic E-state index is 0.0726. The van der Waals surface area contributed by atoms with Crippen LogP contribution in [0.2, 0.25) is 0 Å². The molecular formula is C36H22O. The average Bonchev–Trinajstić information content (AvgIpc) is 3.46. The van der Waals surface area contributed by atoms with E-state index in [4.69, 9.17) is 9.90 Å². The van der Waals surface area contributed by atoms with Crippen LogP contribution in [0.1, 0.15) is 6.85 Å². The zero-order chi connectivity index (χ0) is 28.7. The van der Waals surface area contributed by atoms with Crippen LogP contribution < -0.4 is 0 Å². The molecule has 0 saturated heterocycles. The quantitative estimate of drug-likeness (QED) is 0.179. The fourth-order valence-corrected chi connectivity index (χ4v) is 5.60. The minimum atomic E-state index is -0.339. The summed E-state index contributed by atoms with van der Waals surface area (Å²) in [5, 5.41) is 7.23. The van der Waals surface area contributed by atoms with E-state index < -0.39 is 0 Å². The molecule has 0 N–H and O–H groups in total. The van der Waals surface area contributed by atoms with Crippen molar-refractivity contribution < 1.29 is 11.3 Å². The van der Waals surface area contributed by atoms with Crippen molar-refractivity contribution in [2.75, 3.05) is 0 Å². The summed E-state index contributed by atoms with van der Waals surface area (Å²) >= 11 is 0. The highest BCUT2D eigenvalue weighted by Gasteiger charge is 2.19. The second kappa shape index (κ2) is 7.81. The molecule has 1 heteroatoms. The predicted octanol–water partition coefficient (Wildman–Crippen LogP) is 10.4. The predicted molar refractivity (Wildman–Crippen MR) is 157 cm³/mol. The van der Waals surface area contributed by atoms with Gasteiger partial charge in [0.1, 0.15) is 5.58 Å². The Morgan fingerprint density at radius 1 is 0.514 bits per heavy atom. The zero-order valence-corrected chi connectivity index (χ0v) is 19.7. The smallest absolute Gasteiger partial charge is 0.142 e. The summed E-state index contributed by atoms with van der Waals surface area (Å²) in [6.07, 6.45) is 1.75. The van der Waals surface area contributed by atoms with E-state index in [1.807, 2.05) is 54.6 Å². The fraction of sp³-hybridized carbons (Fsp3) is 0. The molecular weight excluding hydrogens is 448 g/mol. The number of fused-ring (bicyclic) bond motifs is 7. The van der Waals surface area contributed by atoms with Crippen LogP contribution in [-0.4, -0.2) is 0 Å². The van der Waals surface area contributed by atoms with Crippen LogP contribution in [-0.2, 0) is 0 Å². The largest absolute Gasteiger partial charge is 0.463 e. The Morgan fingerprint density at radius 3 is 2.19 bits per heavy atom. The van der Waals surface area contributed by atoms with Gasteiger partial charge >= 0.3 is 0 Å². The summed E-state index contributed by atoms with van der Waals surface area (Å²) in [5.41, 5.74) is 4.29. The summed E-state index contributed by atoms with van der Waals surface area (Å²) in [6, 6.07) is 31.5. The van der Waals surface area contributed by atoms with Gasteiger partial charge in [0, 0.05) is 21.9 Å². The molecule has 172 valence electrons. The van der Waals surface area contributed by atoms with E-state index in [-0.39, 0.29) is 35.6 Å². The summed E-state index contributed by atoms with van der Waals surface area (Å²) in [4.78, 5) is 0. The molecule has 8 aromatic rings. The first-order valence-electron chi connectivity index (χ1n) is 14.8. The molecule has 0 fully saturated rings. The summed E-state index contributed by atoms with van der Waals surface area (Å²) in [7, 11) is 0. The number of hydrogen-bond acceptors (Lipinski definition) is 1. The van der Waals surface area contributed by atoms with Gasteiger partial charge in [0.15, 0.2) is 0 Å². The Bertz CT molecular complexity index is 2410. The first-order chi connectivity index (χ1) is 20.4. The minimum Gasteiger partial charge on any atom is -0.463 e. The van der Waals surface area contributed by atoms with Gasteiger partial charge in [-0.2, -0.15) is 0 Å². The molecule has 1 nitrogen and oxygen atoms in total. The lowest BCUT2D eigenvalue weighted by atomic mass is 9.88. The van der Waals surface area contributed by atoms with Crippen LogP contribution >= 0.6 is 0 Å². The Balaban J connectivity index is 1.53. The monoisotopic (exact) mass is 475 g/mol. The van der Waals surface area contributed by atoms with Gasteiger partial charge in [-0.25, -0.2) is 0 Å². The van der Waals surface area contributed by atoms with Crippen molar-refractivity contribution in [1.82, 2.24) is 0 Å². The van der Waals surface area contributed by atoms with Crippen molar-refractivity contribution in [2.45, 2.75) is 0 Å². The lowest BCUT2D eigenvalue weighted by Gasteiger charge is -2.14. The zero-order valence-electron chi connectivity index (χ0n) is 24.7. The van der Waals surface area contributed by atoms with Gasteiger partial charge in [-0.3, -0.25) is 0 Å². The van der Waals surface area contributed by atoms with Gasteiger partial charge in [0.05, 0.1) is 13.1 Å². The van der Waals surface area contributed by atoms with E-state index in [1.54, 1.807) is 12.3 Å². The Hall–Kier alpha value is -4.88. The molecule has 0 amide bonds. The summed E-state index contributed by atoms with van der Waals surface area (Å²) < 4.78 is 49.4. The van der Waals surface area contributed by atoms with Crippen LogP contribution in [0.5, 0.6) is 0 Å². The van der Waals surface area contributed by atoms with Gasteiger partial charge in [-0.1, -0.05) is 103 Å². The van der Waals surface area contributed by atoms with Gasteiger partial charge in [0.25, 0.3) is 0 Å². The molecule has 1 heterocycles. The van der Waals surface area contributed by atoms with E-state index in [9.17, 15) is 1.37 Å². The highest BCUT2D eigenvalue weighted by atomic mass is 16.3. The van der Waals surface area contributed by atoms with Crippen molar-refractivity contribution in [1.29, 1.82) is 0 Å². The van der Waals surface area contributed by atoms with E-state index in [2.05, 4.69) is 36.4 Å². The van der Waals surface area contributed by atoms with Crippen molar-refractivity contribution in [3.8, 4) is 22.3 Å². The second-order valence-corrected chi connectivity index (χ2v) is 9.35. The third kappa shape index (κ3) is 3.04. The van der Waals surface area contributed by atoms with E-state index in [0.29, 0.717) is 10.8 Å². The molecule has 0 bridgehead atoms. The van der Waals surface area contributed by atoms with Crippen LogP contribution in [0.25, 0.3) is 76.3 Å². The van der Waals surface area contributed by atoms with Crippen molar-refractivity contribution in [2.24, 2.45) is 0 Å². The number of benzene rings is 7. The maximum atomic E-state index is 9.39. The Kier molecular flexibility index (Phi) is 3.37. The maximum absolute atomic E-state index is 9.39. The van der Waals surface area contributed by atoms with E-state index >= 15 is 0 Å². The van der Waals surface area contributed by atoms with E-state index in [0.717, 1.165) is 60.2 Å². The molecule has 0 unspecified atom stereocenters. The number of furan rings is 1. The SMILES string of the molecule is [2H]c1c([2H])c([2H])c2c([2H])c3c(-c4coc5c4ccc4c6ccccc6ccc45)c(-c4ccccc4)ccc3cc2c1[2H]. The van der Waals surface area contributed by atoms with Crippen molar-refractivity contribution in [3.63, 3.8) is 0 Å². The van der Waals surface area contributed by atoms with Gasteiger partial charge in [-0.15, -0.1) is 0 Å². The van der Waals surface area contributed by atoms with Crippen LogP contribution in [0.15, 0.2) is 138 Å². The Labute approximate surface area is 221 Å². The molecule has 7 aromatic carbocycles. The molecule has 0 aliphatic carbocycles. The average molecular weight is 476 g/mol. The van der Waals surface area contributed by atoms with E-state index in [1.165, 1.54) is 0 Å². The van der Waals surface area contributed by atoms with Crippen LogP contribution in [0, 0.1) is 0 Å². The summed E-state index contributed by atoms with van der Waals surface area (Å²) in [6.45, 7) is 0. The normalized spacial score (nSPS) is 13.7. The highest BCUT2D eigenvalue weighted by molar-refractivity contribution is 6.20. The number of rotatable bonds is 2. The number of hydrogen-bond donors (Lipinski definition) is 0. The molecule has 1 aromatic heterocycles. The van der Waals surface area contributed by atoms with Gasteiger partial charge in [-0.05, 0) is 73.1 Å². The standard InChI is InChI=1S/C36H22O/c1-2-8-23(9-3-1)29-16-15-27-20-25-11-4-5-12-26(25)21-33(27)35(29)34-22-37-36-31-17-14-24-10-6-7-13-28(24)30(31)18-19-32(34)36/h1-22H/i4D,5D,11D,12D,21D. The third-order valence-corrected chi connectivity index (χ3v) is 7.32. The van der Waals surface area contributed by atoms with Crippen LogP contribution in [0.4, 0.5) is 0 Å². The topological polar surface area (TPSA) is 13.1 Å². The Morgan fingerprint density at radius 2 is 1.27 bits per heavy atom.